The fourth-order valence-electron chi connectivity index (χ4n) is 3.64. The minimum Gasteiger partial charge on any atom is -0.456 e. The van der Waals surface area contributed by atoms with Gasteiger partial charge < -0.3 is 18.6 Å². The summed E-state index contributed by atoms with van der Waals surface area (Å²) in [5.74, 6) is -2.57. The summed E-state index contributed by atoms with van der Waals surface area (Å²) in [7, 11) is 1.61. The average Bonchev–Trinajstić information content (AvgIpc) is 3.25. The van der Waals surface area contributed by atoms with Crippen molar-refractivity contribution in [3.63, 3.8) is 0 Å². The van der Waals surface area contributed by atoms with Gasteiger partial charge in [0.25, 0.3) is 0 Å². The lowest BCUT2D eigenvalue weighted by Gasteiger charge is -2.11. The molecule has 0 saturated heterocycles. The quantitative estimate of drug-likeness (QED) is 0.280. The molecule has 0 unspecified atom stereocenters. The second kappa shape index (κ2) is 9.56. The van der Waals surface area contributed by atoms with Crippen LogP contribution in [0.5, 0.6) is 0 Å². The molecule has 0 atom stereocenters. The Hall–Kier alpha value is -3.14. The molecule has 0 saturated carbocycles. The highest BCUT2D eigenvalue weighted by Gasteiger charge is 2.38. The summed E-state index contributed by atoms with van der Waals surface area (Å²) in [6, 6.07) is 7.69. The van der Waals surface area contributed by atoms with Crippen LogP contribution < -0.4 is 0 Å². The molecule has 10 heteroatoms. The van der Waals surface area contributed by atoms with E-state index < -0.39 is 36.9 Å². The number of imidazole rings is 1. The van der Waals surface area contributed by atoms with Crippen molar-refractivity contribution in [2.24, 2.45) is 0 Å². The Kier molecular flexibility index (Phi) is 7.02. The summed E-state index contributed by atoms with van der Waals surface area (Å²) in [5.41, 5.74) is 2.30. The number of carbonyl (C=O) groups excluding carboxylic acids is 2. The molecule has 32 heavy (non-hydrogen) atoms. The van der Waals surface area contributed by atoms with E-state index in [0.29, 0.717) is 18.7 Å². The first-order chi connectivity index (χ1) is 15.1. The molecule has 2 heterocycles. The third kappa shape index (κ3) is 5.01. The number of Topliss-reactive ketones (excluding diaryl/α,β-unsaturated/α-hetero) is 1. The Bertz CT molecular complexity index is 1130. The van der Waals surface area contributed by atoms with Gasteiger partial charge in [0.15, 0.2) is 6.61 Å². The molecule has 0 radical (unpaired) electrons. The van der Waals surface area contributed by atoms with Crippen LogP contribution in [-0.2, 0) is 33.5 Å². The van der Waals surface area contributed by atoms with Gasteiger partial charge >= 0.3 is 12.1 Å². The van der Waals surface area contributed by atoms with Crippen LogP contribution in [0, 0.1) is 13.8 Å². The number of ketones is 1. The largest absolute Gasteiger partial charge is 0.456 e. The zero-order valence-corrected chi connectivity index (χ0v) is 18.0. The van der Waals surface area contributed by atoms with Gasteiger partial charge in [-0.3, -0.25) is 9.59 Å². The predicted molar refractivity (Wildman–Crippen MR) is 110 cm³/mol. The number of hydrogen-bond donors (Lipinski definition) is 0. The fourth-order valence-corrected chi connectivity index (χ4v) is 3.64. The van der Waals surface area contributed by atoms with Crippen LogP contribution >= 0.6 is 0 Å². The lowest BCUT2D eigenvalue weighted by Crippen LogP contribution is -2.22. The summed E-state index contributed by atoms with van der Waals surface area (Å²) in [6.45, 7) is 3.65. The van der Waals surface area contributed by atoms with Crippen molar-refractivity contribution in [3.8, 4) is 0 Å². The molecule has 0 aliphatic rings. The van der Waals surface area contributed by atoms with Crippen LogP contribution in [0.4, 0.5) is 13.2 Å². The predicted octanol–water partition coefficient (Wildman–Crippen LogP) is 3.94. The zero-order chi connectivity index (χ0) is 23.5. The van der Waals surface area contributed by atoms with Gasteiger partial charge in [0, 0.05) is 37.2 Å². The molecule has 0 N–H and O–H groups in total. The van der Waals surface area contributed by atoms with Gasteiger partial charge in [-0.1, -0.05) is 12.1 Å². The standard InChI is InChI=1S/C22H24F3N3O4/c1-14-11-16(15(2)27(14)9-6-10-31-3)19(29)13-32-20(30)12-28-18-8-5-4-7-17(18)26-21(28)22(23,24)25/h4-5,7-8,11H,6,9-10,12-13H2,1-3H3. The normalized spacial score (nSPS) is 11.8. The van der Waals surface area contributed by atoms with Crippen molar-refractivity contribution in [3.05, 3.63) is 53.1 Å². The van der Waals surface area contributed by atoms with Crippen molar-refractivity contribution in [1.82, 2.24) is 14.1 Å². The molecule has 172 valence electrons. The van der Waals surface area contributed by atoms with Gasteiger partial charge in [-0.2, -0.15) is 13.2 Å². The summed E-state index contributed by atoms with van der Waals surface area (Å²) in [5, 5.41) is 0. The van der Waals surface area contributed by atoms with E-state index in [1.165, 1.54) is 12.1 Å². The minimum atomic E-state index is -4.74. The first-order valence-corrected chi connectivity index (χ1v) is 10.0. The highest BCUT2D eigenvalue weighted by Crippen LogP contribution is 2.31. The summed E-state index contributed by atoms with van der Waals surface area (Å²) in [4.78, 5) is 28.5. The highest BCUT2D eigenvalue weighted by atomic mass is 19.4. The smallest absolute Gasteiger partial charge is 0.449 e. The van der Waals surface area contributed by atoms with Gasteiger partial charge in [-0.15, -0.1) is 0 Å². The number of esters is 1. The number of fused-ring (bicyclic) bond motifs is 1. The molecule has 0 aliphatic heterocycles. The van der Waals surface area contributed by atoms with Crippen LogP contribution in [0.15, 0.2) is 30.3 Å². The van der Waals surface area contributed by atoms with Gasteiger partial charge in [-0.05, 0) is 38.5 Å². The number of carbonyl (C=O) groups is 2. The van der Waals surface area contributed by atoms with Gasteiger partial charge in [0.1, 0.15) is 6.54 Å². The van der Waals surface area contributed by atoms with Crippen molar-refractivity contribution in [2.45, 2.75) is 39.5 Å². The van der Waals surface area contributed by atoms with E-state index in [1.54, 1.807) is 32.2 Å². The molecule has 3 rings (SSSR count). The number of methoxy groups -OCH3 is 1. The van der Waals surface area contributed by atoms with Crippen LogP contribution in [0.25, 0.3) is 11.0 Å². The molecule has 0 aliphatic carbocycles. The Labute approximate surface area is 182 Å². The van der Waals surface area contributed by atoms with E-state index >= 15 is 0 Å². The fraction of sp³-hybridized carbons (Fsp3) is 0.409. The maximum atomic E-state index is 13.4. The van der Waals surface area contributed by atoms with Crippen LogP contribution in [0.2, 0.25) is 0 Å². The van der Waals surface area contributed by atoms with E-state index in [4.69, 9.17) is 9.47 Å². The molecular weight excluding hydrogens is 427 g/mol. The number of aromatic nitrogens is 3. The number of nitrogens with zero attached hydrogens (tertiary/aromatic N) is 3. The number of ether oxygens (including phenoxy) is 2. The van der Waals surface area contributed by atoms with Crippen LogP contribution in [-0.4, -0.2) is 46.2 Å². The Morgan fingerprint density at radius 2 is 1.84 bits per heavy atom. The van der Waals surface area contributed by atoms with E-state index in [-0.39, 0.29) is 11.0 Å². The van der Waals surface area contributed by atoms with Crippen molar-refractivity contribution < 1.29 is 32.2 Å². The summed E-state index contributed by atoms with van der Waals surface area (Å²) in [6.07, 6.45) is -3.97. The van der Waals surface area contributed by atoms with E-state index in [1.807, 2.05) is 11.5 Å². The summed E-state index contributed by atoms with van der Waals surface area (Å²) >= 11 is 0. The number of halogens is 3. The van der Waals surface area contributed by atoms with Gasteiger partial charge in [-0.25, -0.2) is 4.98 Å². The SMILES string of the molecule is COCCCn1c(C)cc(C(=O)COC(=O)Cn2c(C(F)(F)F)nc3ccccc32)c1C. The average molecular weight is 451 g/mol. The lowest BCUT2D eigenvalue weighted by molar-refractivity contribution is -0.150. The van der Waals surface area contributed by atoms with Gasteiger partial charge in [0.05, 0.1) is 11.0 Å². The molecule has 0 bridgehead atoms. The van der Waals surface area contributed by atoms with Crippen LogP contribution in [0.1, 0.15) is 34.0 Å². The first kappa shape index (κ1) is 23.5. The molecule has 0 fully saturated rings. The molecule has 1 aromatic carbocycles. The Balaban J connectivity index is 1.70. The molecule has 7 nitrogen and oxygen atoms in total. The van der Waals surface area contributed by atoms with Crippen molar-refractivity contribution >= 4 is 22.8 Å². The number of aryl methyl sites for hydroxylation is 1. The number of para-hydroxylation sites is 2. The lowest BCUT2D eigenvalue weighted by atomic mass is 10.1. The van der Waals surface area contributed by atoms with E-state index in [0.717, 1.165) is 22.4 Å². The number of alkyl halides is 3. The highest BCUT2D eigenvalue weighted by molar-refractivity contribution is 5.99. The number of benzene rings is 1. The molecule has 2 aromatic heterocycles. The third-order valence-corrected chi connectivity index (χ3v) is 5.16. The van der Waals surface area contributed by atoms with Crippen molar-refractivity contribution in [2.75, 3.05) is 20.3 Å². The topological polar surface area (TPSA) is 75.3 Å². The van der Waals surface area contributed by atoms with Gasteiger partial charge in [0.2, 0.25) is 11.6 Å². The first-order valence-electron chi connectivity index (χ1n) is 10.0. The summed E-state index contributed by atoms with van der Waals surface area (Å²) < 4.78 is 52.9. The zero-order valence-electron chi connectivity index (χ0n) is 18.0. The molecule has 0 amide bonds. The van der Waals surface area contributed by atoms with Crippen LogP contribution in [0.3, 0.4) is 0 Å². The number of hydrogen-bond acceptors (Lipinski definition) is 5. The Morgan fingerprint density at radius 3 is 2.53 bits per heavy atom. The molecule has 3 aromatic rings. The second-order valence-corrected chi connectivity index (χ2v) is 7.37. The second-order valence-electron chi connectivity index (χ2n) is 7.37. The monoisotopic (exact) mass is 451 g/mol. The maximum absolute atomic E-state index is 13.4. The molecule has 0 spiro atoms. The Morgan fingerprint density at radius 1 is 1.12 bits per heavy atom. The minimum absolute atomic E-state index is 0.115. The van der Waals surface area contributed by atoms with Crippen molar-refractivity contribution in [1.29, 1.82) is 0 Å². The van der Waals surface area contributed by atoms with E-state index in [9.17, 15) is 22.8 Å². The third-order valence-electron chi connectivity index (χ3n) is 5.16. The molecular formula is C22H24F3N3O4. The van der Waals surface area contributed by atoms with E-state index in [2.05, 4.69) is 4.98 Å². The maximum Gasteiger partial charge on any atom is 0.449 e. The number of rotatable bonds is 9.